The van der Waals surface area contributed by atoms with Crippen LogP contribution in [0.25, 0.3) is 0 Å². The van der Waals surface area contributed by atoms with Crippen LogP contribution in [-0.2, 0) is 4.79 Å². The molecule has 1 aromatic carbocycles. The van der Waals surface area contributed by atoms with E-state index in [1.54, 1.807) is 0 Å². The number of benzene rings is 1. The van der Waals surface area contributed by atoms with E-state index < -0.39 is 6.03 Å². The Balaban J connectivity index is 1.81. The fourth-order valence-corrected chi connectivity index (χ4v) is 3.16. The standard InChI is InChI=1S/C14H16FN5O2S2/c1-8(2)16-11(21)7-23-14-20-19-13(24-14)18-12(22)17-10-5-3-9(15)4-6-10/h3-6,8H,7H2,1-2H3,(H,16,21)(H2,17,18,19,22). The number of nitrogens with zero attached hydrogens (tertiary/aromatic N) is 2. The van der Waals surface area contributed by atoms with Crippen molar-refractivity contribution in [3.05, 3.63) is 30.1 Å². The highest BCUT2D eigenvalue weighted by Gasteiger charge is 2.11. The van der Waals surface area contributed by atoms with Gasteiger partial charge in [0.1, 0.15) is 5.82 Å². The van der Waals surface area contributed by atoms with Crippen molar-refractivity contribution in [3.63, 3.8) is 0 Å². The molecule has 0 aliphatic heterocycles. The minimum absolute atomic E-state index is 0.0832. The van der Waals surface area contributed by atoms with Gasteiger partial charge in [0.15, 0.2) is 4.34 Å². The minimum Gasteiger partial charge on any atom is -0.353 e. The smallest absolute Gasteiger partial charge is 0.325 e. The van der Waals surface area contributed by atoms with Gasteiger partial charge in [0.2, 0.25) is 11.0 Å². The van der Waals surface area contributed by atoms with Gasteiger partial charge in [-0.05, 0) is 38.1 Å². The molecule has 1 heterocycles. The lowest BCUT2D eigenvalue weighted by Crippen LogP contribution is -2.31. The second kappa shape index (κ2) is 8.60. The molecule has 1 aromatic heterocycles. The summed E-state index contributed by atoms with van der Waals surface area (Å²) >= 11 is 2.41. The van der Waals surface area contributed by atoms with Gasteiger partial charge in [-0.1, -0.05) is 23.1 Å². The predicted octanol–water partition coefficient (Wildman–Crippen LogP) is 2.94. The summed E-state index contributed by atoms with van der Waals surface area (Å²) < 4.78 is 13.4. The summed E-state index contributed by atoms with van der Waals surface area (Å²) in [6.07, 6.45) is 0. The van der Waals surface area contributed by atoms with Gasteiger partial charge in [-0.15, -0.1) is 10.2 Å². The average molecular weight is 369 g/mol. The normalized spacial score (nSPS) is 10.5. The summed E-state index contributed by atoms with van der Waals surface area (Å²) in [5, 5.41) is 15.9. The fraction of sp³-hybridized carbons (Fsp3) is 0.286. The lowest BCUT2D eigenvalue weighted by atomic mass is 10.3. The van der Waals surface area contributed by atoms with E-state index in [1.165, 1.54) is 36.0 Å². The van der Waals surface area contributed by atoms with Gasteiger partial charge in [0.05, 0.1) is 5.75 Å². The number of hydrogen-bond acceptors (Lipinski definition) is 6. The third-order valence-corrected chi connectivity index (χ3v) is 4.48. The van der Waals surface area contributed by atoms with Crippen LogP contribution in [0.3, 0.4) is 0 Å². The topological polar surface area (TPSA) is 96.0 Å². The molecule has 0 aliphatic rings. The van der Waals surface area contributed by atoms with Gasteiger partial charge in [-0.2, -0.15) is 0 Å². The molecule has 0 saturated carbocycles. The van der Waals surface area contributed by atoms with Crippen molar-refractivity contribution in [2.45, 2.75) is 24.2 Å². The molecule has 2 aromatic rings. The Kier molecular flexibility index (Phi) is 6.50. The lowest BCUT2D eigenvalue weighted by molar-refractivity contribution is -0.119. The third-order valence-electron chi connectivity index (χ3n) is 2.51. The van der Waals surface area contributed by atoms with Crippen LogP contribution in [0.4, 0.5) is 20.0 Å². The molecule has 0 fully saturated rings. The fourth-order valence-electron chi connectivity index (χ4n) is 1.60. The molecule has 3 amide bonds. The molecule has 0 spiro atoms. The van der Waals surface area contributed by atoms with Gasteiger partial charge in [0, 0.05) is 11.7 Å². The number of carbonyl (C=O) groups excluding carboxylic acids is 2. The van der Waals surface area contributed by atoms with Crippen LogP contribution < -0.4 is 16.0 Å². The van der Waals surface area contributed by atoms with E-state index in [2.05, 4.69) is 26.1 Å². The largest absolute Gasteiger partial charge is 0.353 e. The molecule has 2 rings (SSSR count). The molecule has 3 N–H and O–H groups in total. The van der Waals surface area contributed by atoms with E-state index in [0.717, 1.165) is 11.3 Å². The van der Waals surface area contributed by atoms with Crippen molar-refractivity contribution in [1.29, 1.82) is 0 Å². The maximum absolute atomic E-state index is 12.8. The first-order valence-electron chi connectivity index (χ1n) is 7.01. The number of amides is 3. The molecule has 0 radical (unpaired) electrons. The van der Waals surface area contributed by atoms with Crippen LogP contribution in [0.2, 0.25) is 0 Å². The third kappa shape index (κ3) is 6.13. The van der Waals surface area contributed by atoms with Crippen molar-refractivity contribution in [2.24, 2.45) is 0 Å². The first-order valence-corrected chi connectivity index (χ1v) is 8.82. The number of hydrogen-bond donors (Lipinski definition) is 3. The van der Waals surface area contributed by atoms with E-state index in [4.69, 9.17) is 0 Å². The molecule has 0 unspecified atom stereocenters. The first kappa shape index (κ1) is 18.1. The molecular formula is C14H16FN5O2S2. The number of thioether (sulfide) groups is 1. The number of urea groups is 1. The van der Waals surface area contributed by atoms with Crippen LogP contribution in [0.1, 0.15) is 13.8 Å². The molecule has 0 bridgehead atoms. The maximum atomic E-state index is 12.8. The number of rotatable bonds is 6. The van der Waals surface area contributed by atoms with E-state index in [0.29, 0.717) is 15.2 Å². The van der Waals surface area contributed by atoms with Crippen LogP contribution >= 0.6 is 23.1 Å². The van der Waals surface area contributed by atoms with Crippen LogP contribution in [0, 0.1) is 5.82 Å². The molecule has 10 heteroatoms. The molecule has 0 atom stereocenters. The van der Waals surface area contributed by atoms with Crippen molar-refractivity contribution in [3.8, 4) is 0 Å². The van der Waals surface area contributed by atoms with E-state index in [9.17, 15) is 14.0 Å². The number of nitrogens with one attached hydrogen (secondary N) is 3. The van der Waals surface area contributed by atoms with Crippen molar-refractivity contribution in [2.75, 3.05) is 16.4 Å². The number of halogens is 1. The maximum Gasteiger partial charge on any atom is 0.325 e. The molecule has 0 aliphatic carbocycles. The Bertz CT molecular complexity index is 705. The average Bonchev–Trinajstić information content (AvgIpc) is 2.94. The monoisotopic (exact) mass is 369 g/mol. The highest BCUT2D eigenvalue weighted by Crippen LogP contribution is 2.25. The Morgan fingerprint density at radius 2 is 1.92 bits per heavy atom. The van der Waals surface area contributed by atoms with E-state index in [1.807, 2.05) is 13.8 Å². The first-order chi connectivity index (χ1) is 11.4. The Morgan fingerprint density at radius 3 is 2.58 bits per heavy atom. The summed E-state index contributed by atoms with van der Waals surface area (Å²) in [4.78, 5) is 23.4. The van der Waals surface area contributed by atoms with Gasteiger partial charge in [0.25, 0.3) is 0 Å². The SMILES string of the molecule is CC(C)NC(=O)CSc1nnc(NC(=O)Nc2ccc(F)cc2)s1. The number of carbonyl (C=O) groups is 2. The molecule has 24 heavy (non-hydrogen) atoms. The van der Waals surface area contributed by atoms with E-state index in [-0.39, 0.29) is 23.5 Å². The van der Waals surface area contributed by atoms with Gasteiger partial charge >= 0.3 is 6.03 Å². The second-order valence-corrected chi connectivity index (χ2v) is 7.17. The van der Waals surface area contributed by atoms with E-state index >= 15 is 0 Å². The van der Waals surface area contributed by atoms with Gasteiger partial charge in [-0.3, -0.25) is 10.1 Å². The highest BCUT2D eigenvalue weighted by molar-refractivity contribution is 8.01. The lowest BCUT2D eigenvalue weighted by Gasteiger charge is -2.06. The summed E-state index contributed by atoms with van der Waals surface area (Å²) in [6.45, 7) is 3.77. The zero-order valence-electron chi connectivity index (χ0n) is 13.0. The zero-order chi connectivity index (χ0) is 17.5. The molecule has 128 valence electrons. The summed E-state index contributed by atoms with van der Waals surface area (Å²) in [7, 11) is 0. The van der Waals surface area contributed by atoms with Crippen LogP contribution in [0.15, 0.2) is 28.6 Å². The second-order valence-electron chi connectivity index (χ2n) is 4.97. The summed E-state index contributed by atoms with van der Waals surface area (Å²) in [5.41, 5.74) is 0.457. The summed E-state index contributed by atoms with van der Waals surface area (Å²) in [5.74, 6) is -0.240. The molecule has 7 nitrogen and oxygen atoms in total. The highest BCUT2D eigenvalue weighted by atomic mass is 32.2. The Labute approximate surface area is 146 Å². The van der Waals surface area contributed by atoms with Crippen LogP contribution in [-0.4, -0.2) is 33.9 Å². The quantitative estimate of drug-likeness (QED) is 0.537. The minimum atomic E-state index is -0.508. The van der Waals surface area contributed by atoms with Gasteiger partial charge < -0.3 is 10.6 Å². The number of anilines is 2. The van der Waals surface area contributed by atoms with Crippen molar-refractivity contribution < 1.29 is 14.0 Å². The molecular weight excluding hydrogens is 353 g/mol. The predicted molar refractivity (Wildman–Crippen MR) is 93.0 cm³/mol. The van der Waals surface area contributed by atoms with Gasteiger partial charge in [-0.25, -0.2) is 9.18 Å². The van der Waals surface area contributed by atoms with Crippen molar-refractivity contribution >= 4 is 45.9 Å². The van der Waals surface area contributed by atoms with Crippen LogP contribution in [0.5, 0.6) is 0 Å². The summed E-state index contributed by atoms with van der Waals surface area (Å²) in [6, 6.07) is 4.97. The zero-order valence-corrected chi connectivity index (χ0v) is 14.6. The Hall–Kier alpha value is -2.20. The molecule has 0 saturated heterocycles. The van der Waals surface area contributed by atoms with Crippen molar-refractivity contribution in [1.82, 2.24) is 15.5 Å². The Morgan fingerprint density at radius 1 is 1.21 bits per heavy atom. The number of aromatic nitrogens is 2.